The van der Waals surface area contributed by atoms with Crippen LogP contribution in [0.25, 0.3) is 0 Å². The Morgan fingerprint density at radius 1 is 1.13 bits per heavy atom. The third-order valence-corrected chi connectivity index (χ3v) is 5.79. The van der Waals surface area contributed by atoms with E-state index in [-0.39, 0.29) is 17.3 Å². The molecule has 0 fully saturated rings. The van der Waals surface area contributed by atoms with E-state index in [1.807, 2.05) is 0 Å². The number of rotatable bonds is 9. The summed E-state index contributed by atoms with van der Waals surface area (Å²) in [6.07, 6.45) is 1.44. The number of benzene rings is 1. The van der Waals surface area contributed by atoms with Crippen LogP contribution in [0.1, 0.15) is 13.8 Å². The van der Waals surface area contributed by atoms with Gasteiger partial charge in [0, 0.05) is 31.9 Å². The predicted molar refractivity (Wildman–Crippen MR) is 116 cm³/mol. The number of nitrogens with one attached hydrogen (secondary N) is 4. The maximum absolute atomic E-state index is 12.4. The van der Waals surface area contributed by atoms with Crippen molar-refractivity contribution in [3.63, 3.8) is 0 Å². The third kappa shape index (κ3) is 7.13. The molecule has 1 heterocycles. The molecule has 1 aromatic heterocycles. The summed E-state index contributed by atoms with van der Waals surface area (Å²) in [6, 6.07) is 6.14. The van der Waals surface area contributed by atoms with Crippen molar-refractivity contribution in [2.24, 2.45) is 0 Å². The second-order valence-electron chi connectivity index (χ2n) is 6.25. The lowest BCUT2D eigenvalue weighted by molar-refractivity contribution is -0.122. The number of pyridine rings is 1. The number of nitrogens with zero attached hydrogens (tertiary/aromatic N) is 1. The second kappa shape index (κ2) is 10.6. The van der Waals surface area contributed by atoms with E-state index in [1.165, 1.54) is 50.4 Å². The average molecular weight is 474 g/mol. The molecule has 0 saturated carbocycles. The molecular formula is C18H21Cl2N5O4S. The van der Waals surface area contributed by atoms with Crippen molar-refractivity contribution in [3.8, 4) is 0 Å². The first-order chi connectivity index (χ1) is 14.1. The van der Waals surface area contributed by atoms with Crippen LogP contribution in [-0.2, 0) is 19.6 Å². The van der Waals surface area contributed by atoms with E-state index in [4.69, 9.17) is 23.2 Å². The quantitative estimate of drug-likeness (QED) is 0.413. The normalized spacial score (nSPS) is 12.1. The van der Waals surface area contributed by atoms with Crippen molar-refractivity contribution in [2.45, 2.75) is 24.8 Å². The minimum atomic E-state index is -3.91. The Morgan fingerprint density at radius 2 is 1.80 bits per heavy atom. The summed E-state index contributed by atoms with van der Waals surface area (Å²) < 4.78 is 27.2. The molecule has 0 aliphatic carbocycles. The van der Waals surface area contributed by atoms with E-state index >= 15 is 0 Å². The number of halogens is 2. The Hall–Kier alpha value is -2.40. The van der Waals surface area contributed by atoms with Crippen molar-refractivity contribution in [3.05, 3.63) is 46.6 Å². The van der Waals surface area contributed by atoms with Crippen molar-refractivity contribution >= 4 is 56.5 Å². The van der Waals surface area contributed by atoms with Crippen LogP contribution < -0.4 is 20.7 Å². The number of carbonyl (C=O) groups excluding carboxylic acids is 2. The van der Waals surface area contributed by atoms with Gasteiger partial charge in [0.05, 0.1) is 21.0 Å². The molecule has 0 unspecified atom stereocenters. The molecule has 2 aromatic rings. The fourth-order valence-electron chi connectivity index (χ4n) is 2.34. The molecule has 30 heavy (non-hydrogen) atoms. The van der Waals surface area contributed by atoms with E-state index in [0.717, 1.165) is 0 Å². The molecular weight excluding hydrogens is 453 g/mol. The van der Waals surface area contributed by atoms with Crippen LogP contribution in [0.15, 0.2) is 41.4 Å². The van der Waals surface area contributed by atoms with Crippen LogP contribution in [0.2, 0.25) is 10.0 Å². The molecule has 9 nitrogen and oxygen atoms in total. The largest absolute Gasteiger partial charge is 0.367 e. The summed E-state index contributed by atoms with van der Waals surface area (Å²) in [5.41, 5.74) is 0.468. The first-order valence-electron chi connectivity index (χ1n) is 8.81. The van der Waals surface area contributed by atoms with Gasteiger partial charge in [-0.1, -0.05) is 23.2 Å². The lowest BCUT2D eigenvalue weighted by atomic mass is 10.3. The maximum Gasteiger partial charge on any atom is 0.241 e. The molecule has 12 heteroatoms. The van der Waals surface area contributed by atoms with Gasteiger partial charge in [0.15, 0.2) is 0 Å². The van der Waals surface area contributed by atoms with E-state index in [0.29, 0.717) is 28.1 Å². The van der Waals surface area contributed by atoms with Crippen LogP contribution in [0.3, 0.4) is 0 Å². The van der Waals surface area contributed by atoms with Gasteiger partial charge in [0.1, 0.15) is 5.82 Å². The highest BCUT2D eigenvalue weighted by molar-refractivity contribution is 7.89. The van der Waals surface area contributed by atoms with Gasteiger partial charge in [0.25, 0.3) is 0 Å². The zero-order valence-corrected chi connectivity index (χ0v) is 18.5. The molecule has 2 amide bonds. The molecule has 0 saturated heterocycles. The van der Waals surface area contributed by atoms with E-state index in [9.17, 15) is 18.0 Å². The molecule has 0 spiro atoms. The molecule has 2 rings (SSSR count). The highest BCUT2D eigenvalue weighted by Gasteiger charge is 2.21. The van der Waals surface area contributed by atoms with E-state index < -0.39 is 22.0 Å². The molecule has 0 radical (unpaired) electrons. The number of hydrogen-bond donors (Lipinski definition) is 4. The molecule has 162 valence electrons. The zero-order chi connectivity index (χ0) is 22.3. The van der Waals surface area contributed by atoms with Crippen LogP contribution in [0.5, 0.6) is 0 Å². The van der Waals surface area contributed by atoms with Gasteiger partial charge in [-0.15, -0.1) is 0 Å². The SMILES string of the molecule is CC(=O)Nc1ccc(S(=O)(=O)N[C@@H](C)C(=O)NCCNc2ncc(Cl)cc2Cl)cc1. The number of sulfonamides is 1. The first kappa shape index (κ1) is 23.9. The number of hydrogen-bond acceptors (Lipinski definition) is 6. The highest BCUT2D eigenvalue weighted by Crippen LogP contribution is 2.22. The first-order valence-corrected chi connectivity index (χ1v) is 11.0. The number of amides is 2. The average Bonchev–Trinajstić information content (AvgIpc) is 2.66. The lowest BCUT2D eigenvalue weighted by Crippen LogP contribution is -2.45. The van der Waals surface area contributed by atoms with Gasteiger partial charge < -0.3 is 16.0 Å². The Labute approximate surface area is 184 Å². The Morgan fingerprint density at radius 3 is 2.40 bits per heavy atom. The van der Waals surface area contributed by atoms with Crippen LogP contribution in [0, 0.1) is 0 Å². The summed E-state index contributed by atoms with van der Waals surface area (Å²) in [6.45, 7) is 3.33. The minimum Gasteiger partial charge on any atom is -0.367 e. The van der Waals surface area contributed by atoms with Crippen LogP contribution in [0.4, 0.5) is 11.5 Å². The Bertz CT molecular complexity index is 1020. The number of carbonyl (C=O) groups is 2. The second-order valence-corrected chi connectivity index (χ2v) is 8.81. The van der Waals surface area contributed by atoms with Gasteiger partial charge in [-0.3, -0.25) is 9.59 Å². The van der Waals surface area contributed by atoms with Gasteiger partial charge in [0.2, 0.25) is 21.8 Å². The standard InChI is InChI=1S/C18H21Cl2N5O4S/c1-11(18(27)22-8-7-21-17-16(20)9-13(19)10-23-17)25-30(28,29)15-5-3-14(4-6-15)24-12(2)26/h3-6,9-11,25H,7-8H2,1-2H3,(H,21,23)(H,22,27)(H,24,26)/t11-/m0/s1. The summed E-state index contributed by atoms with van der Waals surface area (Å²) >= 11 is 11.8. The lowest BCUT2D eigenvalue weighted by Gasteiger charge is -2.15. The Kier molecular flexibility index (Phi) is 8.42. The van der Waals surface area contributed by atoms with Gasteiger partial charge in [-0.25, -0.2) is 13.4 Å². The highest BCUT2D eigenvalue weighted by atomic mass is 35.5. The van der Waals surface area contributed by atoms with E-state index in [1.54, 1.807) is 0 Å². The molecule has 0 aliphatic heterocycles. The van der Waals surface area contributed by atoms with Crippen LogP contribution >= 0.6 is 23.2 Å². The van der Waals surface area contributed by atoms with E-state index in [2.05, 4.69) is 25.7 Å². The van der Waals surface area contributed by atoms with Crippen molar-refractivity contribution < 1.29 is 18.0 Å². The summed E-state index contributed by atoms with van der Waals surface area (Å²) in [4.78, 5) is 27.2. The Balaban J connectivity index is 1.84. The fourth-order valence-corrected chi connectivity index (χ4v) is 3.99. The third-order valence-electron chi connectivity index (χ3n) is 3.73. The molecule has 0 bridgehead atoms. The summed E-state index contributed by atoms with van der Waals surface area (Å²) in [5, 5.41) is 8.86. The van der Waals surface area contributed by atoms with Crippen molar-refractivity contribution in [1.29, 1.82) is 0 Å². The fraction of sp³-hybridized carbons (Fsp3) is 0.278. The zero-order valence-electron chi connectivity index (χ0n) is 16.2. The topological polar surface area (TPSA) is 129 Å². The maximum atomic E-state index is 12.4. The molecule has 1 atom stereocenters. The monoisotopic (exact) mass is 473 g/mol. The molecule has 1 aromatic carbocycles. The van der Waals surface area contributed by atoms with Gasteiger partial charge in [-0.2, -0.15) is 4.72 Å². The summed E-state index contributed by atoms with van der Waals surface area (Å²) in [5.74, 6) is -0.338. The number of anilines is 2. The van der Waals surface area contributed by atoms with Crippen LogP contribution in [-0.4, -0.2) is 44.3 Å². The van der Waals surface area contributed by atoms with Gasteiger partial charge in [-0.05, 0) is 37.3 Å². The molecule has 0 aliphatic rings. The van der Waals surface area contributed by atoms with Crippen molar-refractivity contribution in [1.82, 2.24) is 15.0 Å². The smallest absolute Gasteiger partial charge is 0.241 e. The molecule has 4 N–H and O–H groups in total. The predicted octanol–water partition coefficient (Wildman–Crippen LogP) is 2.24. The minimum absolute atomic E-state index is 0.0265. The number of aromatic nitrogens is 1. The summed E-state index contributed by atoms with van der Waals surface area (Å²) in [7, 11) is -3.91. The van der Waals surface area contributed by atoms with Crippen molar-refractivity contribution in [2.75, 3.05) is 23.7 Å². The van der Waals surface area contributed by atoms with Gasteiger partial charge >= 0.3 is 0 Å².